The van der Waals surface area contributed by atoms with Gasteiger partial charge in [0.15, 0.2) is 0 Å². The molecule has 0 bridgehead atoms. The Hall–Kier alpha value is -1.17. The van der Waals surface area contributed by atoms with Crippen molar-refractivity contribution in [2.75, 3.05) is 5.32 Å². The first-order valence-electron chi connectivity index (χ1n) is 6.14. The Kier molecular flexibility index (Phi) is 3.55. The van der Waals surface area contributed by atoms with Crippen molar-refractivity contribution in [2.24, 2.45) is 5.92 Å². The Bertz CT molecular complexity index is 549. The Morgan fingerprint density at radius 1 is 1.21 bits per heavy atom. The number of sulfone groups is 1. The van der Waals surface area contributed by atoms with Gasteiger partial charge in [-0.3, -0.25) is 0 Å². The van der Waals surface area contributed by atoms with Gasteiger partial charge in [-0.15, -0.1) is 0 Å². The lowest BCUT2D eigenvalue weighted by Crippen LogP contribution is -2.33. The number of hydrogen-bond acceptors (Lipinski definition) is 3. The zero-order chi connectivity index (χ0) is 14.3. The van der Waals surface area contributed by atoms with E-state index >= 15 is 0 Å². The summed E-state index contributed by atoms with van der Waals surface area (Å²) in [7, 11) is -4.50. The van der Waals surface area contributed by atoms with Crippen LogP contribution in [0.15, 0.2) is 29.2 Å². The van der Waals surface area contributed by atoms with Gasteiger partial charge in [-0.25, -0.2) is 8.42 Å². The fourth-order valence-corrected chi connectivity index (χ4v) is 2.83. The smallest absolute Gasteiger partial charge is 0.341 e. The van der Waals surface area contributed by atoms with Crippen molar-refractivity contribution in [2.45, 2.75) is 42.9 Å². The van der Waals surface area contributed by atoms with Gasteiger partial charge in [-0.05, 0) is 56.9 Å². The lowest BCUT2D eigenvalue weighted by atomic mass is 9.98. The molecule has 19 heavy (non-hydrogen) atoms. The predicted molar refractivity (Wildman–Crippen MR) is 70.1 cm³/mol. The molecule has 0 unspecified atom stereocenters. The molecule has 106 valence electrons. The average Bonchev–Trinajstić information content (AvgIpc) is 3.13. The van der Waals surface area contributed by atoms with Gasteiger partial charge >= 0.3 is 5.76 Å². The highest BCUT2D eigenvalue weighted by molar-refractivity contribution is 7.91. The minimum Gasteiger partial charge on any atom is -0.380 e. The van der Waals surface area contributed by atoms with E-state index in [1.807, 2.05) is 0 Å². The molecule has 0 heterocycles. The summed E-state index contributed by atoms with van der Waals surface area (Å²) >= 11 is 0. The topological polar surface area (TPSA) is 46.2 Å². The SMILES string of the molecule is CC(C)(Nc1ccc(S(=O)(=O)C(F)F)cc1)C1CC1. The van der Waals surface area contributed by atoms with Crippen molar-refractivity contribution in [1.29, 1.82) is 0 Å². The second-order valence-electron chi connectivity index (χ2n) is 5.45. The summed E-state index contributed by atoms with van der Waals surface area (Å²) in [5.41, 5.74) is 0.674. The van der Waals surface area contributed by atoms with E-state index in [0.717, 1.165) is 5.69 Å². The molecule has 1 aliphatic rings. The number of hydrogen-bond donors (Lipinski definition) is 1. The Morgan fingerprint density at radius 3 is 2.16 bits per heavy atom. The number of anilines is 1. The summed E-state index contributed by atoms with van der Waals surface area (Å²) in [5, 5.41) is 3.31. The summed E-state index contributed by atoms with van der Waals surface area (Å²) < 4.78 is 47.3. The molecule has 1 N–H and O–H groups in total. The molecule has 0 aromatic heterocycles. The third-order valence-corrected chi connectivity index (χ3v) is 4.88. The van der Waals surface area contributed by atoms with Crippen molar-refractivity contribution in [3.05, 3.63) is 24.3 Å². The van der Waals surface area contributed by atoms with E-state index in [1.165, 1.54) is 37.1 Å². The summed E-state index contributed by atoms with van der Waals surface area (Å²) in [5.74, 6) is -2.77. The molecular formula is C13H17F2NO2S. The van der Waals surface area contributed by atoms with Crippen molar-refractivity contribution >= 4 is 15.5 Å². The van der Waals surface area contributed by atoms with E-state index in [-0.39, 0.29) is 10.4 Å². The van der Waals surface area contributed by atoms with Gasteiger partial charge in [0.1, 0.15) is 0 Å². The first kappa shape index (κ1) is 14.2. The van der Waals surface area contributed by atoms with Gasteiger partial charge in [0.05, 0.1) is 4.90 Å². The van der Waals surface area contributed by atoms with Crippen molar-refractivity contribution in [3.8, 4) is 0 Å². The van der Waals surface area contributed by atoms with E-state index < -0.39 is 15.6 Å². The van der Waals surface area contributed by atoms with Crippen LogP contribution in [-0.2, 0) is 9.84 Å². The van der Waals surface area contributed by atoms with Gasteiger partial charge < -0.3 is 5.32 Å². The third kappa shape index (κ3) is 3.05. The maximum atomic E-state index is 12.4. The zero-order valence-electron chi connectivity index (χ0n) is 10.9. The molecule has 0 amide bonds. The number of rotatable bonds is 5. The van der Waals surface area contributed by atoms with E-state index in [2.05, 4.69) is 19.2 Å². The van der Waals surface area contributed by atoms with Gasteiger partial charge in [-0.1, -0.05) is 0 Å². The Balaban J connectivity index is 2.15. The van der Waals surface area contributed by atoms with Crippen LogP contribution in [0.3, 0.4) is 0 Å². The van der Waals surface area contributed by atoms with Crippen LogP contribution in [0.2, 0.25) is 0 Å². The second-order valence-corrected chi connectivity index (χ2v) is 7.37. The minimum absolute atomic E-state index is 0.0664. The summed E-state index contributed by atoms with van der Waals surface area (Å²) in [6.07, 6.45) is 2.36. The molecule has 0 spiro atoms. The quantitative estimate of drug-likeness (QED) is 0.904. The molecule has 1 saturated carbocycles. The van der Waals surface area contributed by atoms with Crippen LogP contribution in [0.4, 0.5) is 14.5 Å². The predicted octanol–water partition coefficient (Wildman–Crippen LogP) is 3.28. The molecule has 1 aromatic rings. The highest BCUT2D eigenvalue weighted by Gasteiger charge is 2.37. The van der Waals surface area contributed by atoms with Crippen LogP contribution < -0.4 is 5.32 Å². The zero-order valence-corrected chi connectivity index (χ0v) is 11.7. The summed E-state index contributed by atoms with van der Waals surface area (Å²) in [6, 6.07) is 5.48. The first-order chi connectivity index (χ1) is 8.73. The van der Waals surface area contributed by atoms with Crippen molar-refractivity contribution < 1.29 is 17.2 Å². The van der Waals surface area contributed by atoms with Gasteiger partial charge in [0.25, 0.3) is 0 Å². The number of benzene rings is 1. The van der Waals surface area contributed by atoms with Crippen LogP contribution in [0.5, 0.6) is 0 Å². The lowest BCUT2D eigenvalue weighted by Gasteiger charge is -2.27. The van der Waals surface area contributed by atoms with E-state index in [4.69, 9.17) is 0 Å². The highest BCUT2D eigenvalue weighted by Crippen LogP contribution is 2.41. The minimum atomic E-state index is -4.50. The maximum absolute atomic E-state index is 12.4. The monoisotopic (exact) mass is 289 g/mol. The van der Waals surface area contributed by atoms with E-state index in [9.17, 15) is 17.2 Å². The number of halogens is 2. The third-order valence-electron chi connectivity index (χ3n) is 3.48. The molecule has 3 nitrogen and oxygen atoms in total. The molecule has 1 fully saturated rings. The molecule has 0 aliphatic heterocycles. The standard InChI is InChI=1S/C13H17F2NO2S/c1-13(2,9-3-4-9)16-10-5-7-11(8-6-10)19(17,18)12(14)15/h5-9,12,16H,3-4H2,1-2H3. The van der Waals surface area contributed by atoms with Gasteiger partial charge in [0, 0.05) is 11.2 Å². The fraction of sp³-hybridized carbons (Fsp3) is 0.538. The van der Waals surface area contributed by atoms with Crippen LogP contribution in [0.25, 0.3) is 0 Å². The van der Waals surface area contributed by atoms with Crippen LogP contribution in [0.1, 0.15) is 26.7 Å². The molecule has 1 aliphatic carbocycles. The largest absolute Gasteiger partial charge is 0.380 e. The van der Waals surface area contributed by atoms with Crippen LogP contribution in [-0.4, -0.2) is 19.7 Å². The molecule has 6 heteroatoms. The van der Waals surface area contributed by atoms with E-state index in [0.29, 0.717) is 5.92 Å². The normalized spacial score (nSPS) is 16.7. The van der Waals surface area contributed by atoms with E-state index in [1.54, 1.807) is 0 Å². The van der Waals surface area contributed by atoms with Crippen molar-refractivity contribution in [1.82, 2.24) is 0 Å². The molecule has 0 saturated heterocycles. The molecule has 1 aromatic carbocycles. The van der Waals surface area contributed by atoms with Gasteiger partial charge in [-0.2, -0.15) is 8.78 Å². The molecule has 2 rings (SSSR count). The summed E-state index contributed by atoms with van der Waals surface area (Å²) in [6.45, 7) is 4.16. The second kappa shape index (κ2) is 4.74. The maximum Gasteiger partial charge on any atom is 0.341 e. The summed E-state index contributed by atoms with van der Waals surface area (Å²) in [4.78, 5) is -0.350. The lowest BCUT2D eigenvalue weighted by molar-refractivity contribution is 0.234. The average molecular weight is 289 g/mol. The fourth-order valence-electron chi connectivity index (χ4n) is 2.11. The van der Waals surface area contributed by atoms with Crippen LogP contribution in [0, 0.1) is 5.92 Å². The number of nitrogens with one attached hydrogen (secondary N) is 1. The highest BCUT2D eigenvalue weighted by atomic mass is 32.2. The Morgan fingerprint density at radius 2 is 1.74 bits per heavy atom. The molecule has 0 radical (unpaired) electrons. The Labute approximate surface area is 111 Å². The molecule has 0 atom stereocenters. The first-order valence-corrected chi connectivity index (χ1v) is 7.68. The van der Waals surface area contributed by atoms with Crippen LogP contribution >= 0.6 is 0 Å². The van der Waals surface area contributed by atoms with Crippen molar-refractivity contribution in [3.63, 3.8) is 0 Å². The van der Waals surface area contributed by atoms with Gasteiger partial charge in [0.2, 0.25) is 9.84 Å². The number of alkyl halides is 2. The molecular weight excluding hydrogens is 272 g/mol.